The number of ether oxygens (including phenoxy) is 3. The molecule has 0 saturated carbocycles. The van der Waals surface area contributed by atoms with Gasteiger partial charge in [-0.25, -0.2) is 0 Å². The van der Waals surface area contributed by atoms with Crippen molar-refractivity contribution >= 4 is 21.6 Å². The number of hydrogen-bond acceptors (Lipinski definition) is 5. The van der Waals surface area contributed by atoms with E-state index in [-0.39, 0.29) is 12.3 Å². The molecule has 0 aromatic heterocycles. The maximum atomic E-state index is 10.7. The van der Waals surface area contributed by atoms with Gasteiger partial charge in [0.2, 0.25) is 0 Å². The Balaban J connectivity index is 2.18. The number of halogens is 1. The lowest BCUT2D eigenvalue weighted by atomic mass is 10.2. The molecule has 0 amide bonds. The minimum Gasteiger partial charge on any atom is -0.493 e. The van der Waals surface area contributed by atoms with Crippen molar-refractivity contribution < 1.29 is 19.1 Å². The highest BCUT2D eigenvalue weighted by molar-refractivity contribution is 9.10. The van der Waals surface area contributed by atoms with Crippen LogP contribution in [0.25, 0.3) is 0 Å². The van der Waals surface area contributed by atoms with Gasteiger partial charge < -0.3 is 14.2 Å². The monoisotopic (exact) mass is 367 g/mol. The Kier molecular flexibility index (Phi) is 5.21. The van der Waals surface area contributed by atoms with Gasteiger partial charge in [-0.05, 0) is 28.1 Å². The van der Waals surface area contributed by atoms with Crippen LogP contribution in [0.2, 0.25) is 0 Å². The van der Waals surface area contributed by atoms with Crippen LogP contribution in [0.5, 0.6) is 17.2 Å². The van der Waals surface area contributed by atoms with Crippen LogP contribution in [-0.4, -0.2) is 19.1 Å². The maximum absolute atomic E-state index is 10.7. The summed E-state index contributed by atoms with van der Waals surface area (Å²) < 4.78 is 16.8. The summed E-state index contributed by atoms with van der Waals surface area (Å²) in [6.45, 7) is 0.238. The Morgan fingerprint density at radius 2 is 1.95 bits per heavy atom. The summed E-state index contributed by atoms with van der Waals surface area (Å²) in [5.41, 5.74) is 0.827. The highest BCUT2D eigenvalue weighted by Gasteiger charge is 2.13. The van der Waals surface area contributed by atoms with Gasteiger partial charge >= 0.3 is 0 Å². The molecule has 0 atom stereocenters. The summed E-state index contributed by atoms with van der Waals surface area (Å²) in [5.74, 6) is 1.60. The third-order valence-corrected chi connectivity index (χ3v) is 3.86. The van der Waals surface area contributed by atoms with Gasteiger partial charge in [-0.15, -0.1) is 0 Å². The summed E-state index contributed by atoms with van der Waals surface area (Å²) in [6, 6.07) is 9.66. The minimum absolute atomic E-state index is 0.0103. The van der Waals surface area contributed by atoms with Gasteiger partial charge in [0, 0.05) is 11.6 Å². The Hall–Kier alpha value is -2.28. The molecule has 2 aromatic rings. The third-order valence-electron chi connectivity index (χ3n) is 2.99. The average Bonchev–Trinajstić information content (AvgIpc) is 2.53. The first-order chi connectivity index (χ1) is 10.6. The fourth-order valence-electron chi connectivity index (χ4n) is 1.89. The Morgan fingerprint density at radius 3 is 2.59 bits per heavy atom. The van der Waals surface area contributed by atoms with E-state index in [1.54, 1.807) is 32.4 Å². The topological polar surface area (TPSA) is 70.8 Å². The molecule has 0 aliphatic heterocycles. The number of benzene rings is 2. The molecule has 0 saturated heterocycles. The van der Waals surface area contributed by atoms with E-state index in [1.165, 1.54) is 12.1 Å². The number of nitro groups is 1. The van der Waals surface area contributed by atoms with Crippen molar-refractivity contribution in [2.45, 2.75) is 6.61 Å². The van der Waals surface area contributed by atoms with Crippen LogP contribution in [0.4, 0.5) is 5.69 Å². The first-order valence-electron chi connectivity index (χ1n) is 6.33. The van der Waals surface area contributed by atoms with E-state index >= 15 is 0 Å². The molecule has 2 rings (SSSR count). The van der Waals surface area contributed by atoms with Gasteiger partial charge in [0.1, 0.15) is 12.4 Å². The fraction of sp³-hybridized carbons (Fsp3) is 0.200. The second-order valence-corrected chi connectivity index (χ2v) is 5.11. The zero-order valence-corrected chi connectivity index (χ0v) is 13.6. The molecule has 0 aliphatic carbocycles. The molecule has 0 radical (unpaired) electrons. The van der Waals surface area contributed by atoms with Gasteiger partial charge in [-0.3, -0.25) is 10.1 Å². The quantitative estimate of drug-likeness (QED) is 0.570. The van der Waals surface area contributed by atoms with E-state index in [4.69, 9.17) is 14.2 Å². The molecular weight excluding hydrogens is 354 g/mol. The van der Waals surface area contributed by atoms with Crippen LogP contribution in [-0.2, 0) is 6.61 Å². The number of non-ortho nitro benzene ring substituents is 1. The molecule has 116 valence electrons. The fourth-order valence-corrected chi connectivity index (χ4v) is 2.49. The summed E-state index contributed by atoms with van der Waals surface area (Å²) in [5, 5.41) is 10.7. The van der Waals surface area contributed by atoms with Crippen LogP contribution >= 0.6 is 15.9 Å². The lowest BCUT2D eigenvalue weighted by Crippen LogP contribution is -2.00. The highest BCUT2D eigenvalue weighted by Crippen LogP contribution is 2.37. The molecule has 2 aromatic carbocycles. The number of nitrogens with zero attached hydrogens (tertiary/aromatic N) is 1. The summed E-state index contributed by atoms with van der Waals surface area (Å²) in [6.07, 6.45) is 0. The van der Waals surface area contributed by atoms with E-state index in [0.717, 1.165) is 10.0 Å². The minimum atomic E-state index is -0.459. The van der Waals surface area contributed by atoms with Gasteiger partial charge in [0.25, 0.3) is 5.69 Å². The zero-order valence-electron chi connectivity index (χ0n) is 12.0. The lowest BCUT2D eigenvalue weighted by molar-refractivity contribution is -0.384. The molecule has 0 N–H and O–H groups in total. The van der Waals surface area contributed by atoms with Gasteiger partial charge in [-0.1, -0.05) is 12.1 Å². The number of methoxy groups -OCH3 is 2. The number of hydrogen-bond donors (Lipinski definition) is 0. The lowest BCUT2D eigenvalue weighted by Gasteiger charge is -2.13. The van der Waals surface area contributed by atoms with Crippen LogP contribution < -0.4 is 14.2 Å². The molecule has 0 heterocycles. The highest BCUT2D eigenvalue weighted by atomic mass is 79.9. The van der Waals surface area contributed by atoms with Crippen LogP contribution in [0.3, 0.4) is 0 Å². The van der Waals surface area contributed by atoms with Crippen molar-refractivity contribution in [1.82, 2.24) is 0 Å². The van der Waals surface area contributed by atoms with Crippen molar-refractivity contribution in [2.24, 2.45) is 0 Å². The third kappa shape index (κ3) is 3.48. The molecule has 22 heavy (non-hydrogen) atoms. The van der Waals surface area contributed by atoms with E-state index in [9.17, 15) is 10.1 Å². The predicted molar refractivity (Wildman–Crippen MR) is 84.7 cm³/mol. The molecule has 0 fully saturated rings. The maximum Gasteiger partial charge on any atom is 0.273 e. The second kappa shape index (κ2) is 7.13. The van der Waals surface area contributed by atoms with Crippen molar-refractivity contribution in [2.75, 3.05) is 14.2 Å². The van der Waals surface area contributed by atoms with E-state index in [1.807, 2.05) is 6.07 Å². The van der Waals surface area contributed by atoms with Crippen molar-refractivity contribution in [1.29, 1.82) is 0 Å². The van der Waals surface area contributed by atoms with E-state index < -0.39 is 4.92 Å². The Bertz CT molecular complexity index is 690. The van der Waals surface area contributed by atoms with Gasteiger partial charge in [0.05, 0.1) is 29.7 Å². The summed E-state index contributed by atoms with van der Waals surface area (Å²) >= 11 is 3.45. The molecule has 6 nitrogen and oxygen atoms in total. The standard InChI is InChI=1S/C15H14BrNO5/c1-20-13-7-6-10(14(16)15(13)21-2)9-22-12-5-3-4-11(8-12)17(18)19/h3-8H,9H2,1-2H3. The zero-order chi connectivity index (χ0) is 16.1. The van der Waals surface area contributed by atoms with Crippen molar-refractivity contribution in [3.8, 4) is 17.2 Å². The van der Waals surface area contributed by atoms with E-state index in [0.29, 0.717) is 17.2 Å². The first kappa shape index (κ1) is 16.1. The largest absolute Gasteiger partial charge is 0.493 e. The van der Waals surface area contributed by atoms with Gasteiger partial charge in [-0.2, -0.15) is 0 Å². The molecule has 7 heteroatoms. The SMILES string of the molecule is COc1ccc(COc2cccc([N+](=O)[O-])c2)c(Br)c1OC. The summed E-state index contributed by atoms with van der Waals surface area (Å²) in [7, 11) is 3.11. The Morgan fingerprint density at radius 1 is 1.18 bits per heavy atom. The normalized spacial score (nSPS) is 10.1. The van der Waals surface area contributed by atoms with E-state index in [2.05, 4.69) is 15.9 Å². The predicted octanol–water partition coefficient (Wildman–Crippen LogP) is 3.95. The van der Waals surface area contributed by atoms with Crippen LogP contribution in [0, 0.1) is 10.1 Å². The molecule has 0 unspecified atom stereocenters. The number of nitro benzene ring substituents is 1. The van der Waals surface area contributed by atoms with Crippen molar-refractivity contribution in [3.05, 3.63) is 56.5 Å². The van der Waals surface area contributed by atoms with Crippen LogP contribution in [0.15, 0.2) is 40.9 Å². The molecule has 0 spiro atoms. The second-order valence-electron chi connectivity index (χ2n) is 4.32. The van der Waals surface area contributed by atoms with Crippen LogP contribution in [0.1, 0.15) is 5.56 Å². The summed E-state index contributed by atoms with van der Waals surface area (Å²) in [4.78, 5) is 10.3. The molecule has 0 bridgehead atoms. The average molecular weight is 368 g/mol. The first-order valence-corrected chi connectivity index (χ1v) is 7.12. The smallest absolute Gasteiger partial charge is 0.273 e. The number of rotatable bonds is 6. The molecule has 0 aliphatic rings. The Labute approximate surface area is 135 Å². The molecular formula is C15H14BrNO5. The van der Waals surface area contributed by atoms with Crippen molar-refractivity contribution in [3.63, 3.8) is 0 Å². The van der Waals surface area contributed by atoms with Gasteiger partial charge in [0.15, 0.2) is 11.5 Å².